The lowest BCUT2D eigenvalue weighted by molar-refractivity contribution is -0.130. The second kappa shape index (κ2) is 6.64. The van der Waals surface area contributed by atoms with Crippen LogP contribution in [-0.2, 0) is 4.79 Å². The smallest absolute Gasteiger partial charge is 0.238 e. The number of thioether (sulfide) groups is 1. The average Bonchev–Trinajstić information content (AvgIpc) is 2.79. The quantitative estimate of drug-likeness (QED) is 0.907. The van der Waals surface area contributed by atoms with Crippen LogP contribution in [0.5, 0.6) is 0 Å². The van der Waals surface area contributed by atoms with Gasteiger partial charge in [-0.3, -0.25) is 10.1 Å². The first-order valence-electron chi connectivity index (χ1n) is 6.42. The minimum Gasteiger partial charge on any atom is -0.319 e. The summed E-state index contributed by atoms with van der Waals surface area (Å²) in [5.41, 5.74) is 1.09. The Labute approximate surface area is 123 Å². The van der Waals surface area contributed by atoms with E-state index >= 15 is 0 Å². The second-order valence-corrected chi connectivity index (χ2v) is 6.19. The van der Waals surface area contributed by atoms with Crippen LogP contribution in [0.4, 0.5) is 0 Å². The third-order valence-corrected chi connectivity index (χ3v) is 4.31. The Morgan fingerprint density at radius 1 is 1.47 bits per heavy atom. The molecule has 1 aliphatic heterocycles. The van der Waals surface area contributed by atoms with Crippen molar-refractivity contribution in [1.29, 1.82) is 0 Å². The predicted octanol–water partition coefficient (Wildman–Crippen LogP) is 2.91. The molecule has 0 bridgehead atoms. The lowest BCUT2D eigenvalue weighted by Gasteiger charge is -2.30. The largest absolute Gasteiger partial charge is 0.319 e. The van der Waals surface area contributed by atoms with Crippen molar-refractivity contribution in [2.24, 2.45) is 0 Å². The first-order valence-corrected chi connectivity index (χ1v) is 8.19. The van der Waals surface area contributed by atoms with Gasteiger partial charge in [0.2, 0.25) is 5.91 Å². The molecule has 1 saturated heterocycles. The second-order valence-electron chi connectivity index (χ2n) is 4.77. The van der Waals surface area contributed by atoms with Crippen molar-refractivity contribution in [3.8, 4) is 0 Å². The number of nitrogens with one attached hydrogen (secondary N) is 1. The summed E-state index contributed by atoms with van der Waals surface area (Å²) in [5, 5.41) is 3.99. The summed E-state index contributed by atoms with van der Waals surface area (Å²) in [5.74, 6) is 1.24. The molecule has 5 heteroatoms. The van der Waals surface area contributed by atoms with Gasteiger partial charge in [-0.15, -0.1) is 0 Å². The third kappa shape index (κ3) is 3.44. The molecule has 0 radical (unpaired) electrons. The van der Waals surface area contributed by atoms with E-state index in [2.05, 4.69) is 18.5 Å². The van der Waals surface area contributed by atoms with Crippen molar-refractivity contribution in [2.75, 3.05) is 18.6 Å². The SMILES string of the molecule is CSCCC(C)N1C(=O)CNC1c1ccc(Cl)cc1. The standard InChI is InChI=1S/C14H19ClN2OS/c1-10(7-8-19-2)17-13(18)9-16-14(17)11-3-5-12(15)6-4-11/h3-6,10,14,16H,7-9H2,1-2H3. The molecule has 1 aromatic carbocycles. The van der Waals surface area contributed by atoms with E-state index in [4.69, 9.17) is 11.6 Å². The topological polar surface area (TPSA) is 32.3 Å². The summed E-state index contributed by atoms with van der Waals surface area (Å²) in [6.07, 6.45) is 3.08. The van der Waals surface area contributed by atoms with Crippen LogP contribution in [0, 0.1) is 0 Å². The molecule has 0 saturated carbocycles. The van der Waals surface area contributed by atoms with E-state index in [0.29, 0.717) is 6.54 Å². The monoisotopic (exact) mass is 298 g/mol. The van der Waals surface area contributed by atoms with Crippen molar-refractivity contribution in [1.82, 2.24) is 10.2 Å². The van der Waals surface area contributed by atoms with Crippen LogP contribution in [0.15, 0.2) is 24.3 Å². The number of nitrogens with zero attached hydrogens (tertiary/aromatic N) is 1. The van der Waals surface area contributed by atoms with E-state index in [-0.39, 0.29) is 18.1 Å². The Morgan fingerprint density at radius 3 is 2.79 bits per heavy atom. The van der Waals surface area contributed by atoms with Crippen LogP contribution in [0.1, 0.15) is 25.1 Å². The van der Waals surface area contributed by atoms with Gasteiger partial charge in [0.15, 0.2) is 0 Å². The Balaban J connectivity index is 2.14. The summed E-state index contributed by atoms with van der Waals surface area (Å²) in [6, 6.07) is 7.94. The molecular weight excluding hydrogens is 280 g/mol. The fourth-order valence-electron chi connectivity index (χ4n) is 2.37. The number of carbonyl (C=O) groups excluding carboxylic acids is 1. The normalized spacial score (nSPS) is 20.9. The van der Waals surface area contributed by atoms with Gasteiger partial charge in [0.05, 0.1) is 6.54 Å². The third-order valence-electron chi connectivity index (χ3n) is 3.41. The molecule has 2 unspecified atom stereocenters. The molecule has 2 rings (SSSR count). The predicted molar refractivity (Wildman–Crippen MR) is 81.5 cm³/mol. The number of rotatable bonds is 5. The summed E-state index contributed by atoms with van der Waals surface area (Å²) in [6.45, 7) is 2.53. The van der Waals surface area contributed by atoms with Gasteiger partial charge in [0, 0.05) is 11.1 Å². The number of halogens is 1. The Kier molecular flexibility index (Phi) is 5.13. The van der Waals surface area contributed by atoms with Gasteiger partial charge in [-0.1, -0.05) is 23.7 Å². The Bertz CT molecular complexity index is 438. The molecule has 1 fully saturated rings. The van der Waals surface area contributed by atoms with Crippen LogP contribution in [-0.4, -0.2) is 35.4 Å². The lowest BCUT2D eigenvalue weighted by Crippen LogP contribution is -2.38. The highest BCUT2D eigenvalue weighted by molar-refractivity contribution is 7.98. The van der Waals surface area contributed by atoms with Gasteiger partial charge in [-0.05, 0) is 43.0 Å². The number of amides is 1. The molecule has 0 spiro atoms. The van der Waals surface area contributed by atoms with Crippen molar-refractivity contribution < 1.29 is 4.79 Å². The first-order chi connectivity index (χ1) is 9.13. The molecule has 1 aliphatic rings. The molecule has 1 heterocycles. The zero-order valence-corrected chi connectivity index (χ0v) is 12.8. The van der Waals surface area contributed by atoms with Crippen LogP contribution in [0.2, 0.25) is 5.02 Å². The molecular formula is C14H19ClN2OS. The zero-order valence-electron chi connectivity index (χ0n) is 11.2. The van der Waals surface area contributed by atoms with E-state index in [9.17, 15) is 4.79 Å². The van der Waals surface area contributed by atoms with Gasteiger partial charge in [0.25, 0.3) is 0 Å². The average molecular weight is 299 g/mol. The van der Waals surface area contributed by atoms with Crippen LogP contribution >= 0.6 is 23.4 Å². The minimum atomic E-state index is -0.0263. The molecule has 1 amide bonds. The minimum absolute atomic E-state index is 0.0263. The lowest BCUT2D eigenvalue weighted by atomic mass is 10.1. The number of hydrogen-bond acceptors (Lipinski definition) is 3. The van der Waals surface area contributed by atoms with Crippen molar-refractivity contribution in [2.45, 2.75) is 25.6 Å². The number of hydrogen-bond donors (Lipinski definition) is 1. The first kappa shape index (κ1) is 14.7. The Morgan fingerprint density at radius 2 is 2.16 bits per heavy atom. The maximum absolute atomic E-state index is 12.1. The summed E-state index contributed by atoms with van der Waals surface area (Å²) in [7, 11) is 0. The summed E-state index contributed by atoms with van der Waals surface area (Å²) in [4.78, 5) is 14.0. The van der Waals surface area contributed by atoms with Gasteiger partial charge < -0.3 is 4.90 Å². The Hall–Kier alpha value is -0.710. The highest BCUT2D eigenvalue weighted by atomic mass is 35.5. The van der Waals surface area contributed by atoms with E-state index in [1.54, 1.807) is 0 Å². The molecule has 1 aromatic rings. The van der Waals surface area contributed by atoms with E-state index in [1.165, 1.54) is 0 Å². The van der Waals surface area contributed by atoms with Crippen molar-refractivity contribution >= 4 is 29.3 Å². The van der Waals surface area contributed by atoms with Gasteiger partial charge in [-0.2, -0.15) is 11.8 Å². The highest BCUT2D eigenvalue weighted by Crippen LogP contribution is 2.27. The van der Waals surface area contributed by atoms with Crippen molar-refractivity contribution in [3.05, 3.63) is 34.9 Å². The molecule has 104 valence electrons. The number of carbonyl (C=O) groups is 1. The summed E-state index contributed by atoms with van der Waals surface area (Å²) >= 11 is 7.72. The van der Waals surface area contributed by atoms with Crippen LogP contribution < -0.4 is 5.32 Å². The highest BCUT2D eigenvalue weighted by Gasteiger charge is 2.34. The van der Waals surface area contributed by atoms with Gasteiger partial charge in [0.1, 0.15) is 6.17 Å². The molecule has 1 N–H and O–H groups in total. The van der Waals surface area contributed by atoms with Gasteiger partial charge >= 0.3 is 0 Å². The fraction of sp³-hybridized carbons (Fsp3) is 0.500. The summed E-state index contributed by atoms with van der Waals surface area (Å²) < 4.78 is 0. The van der Waals surface area contributed by atoms with E-state index in [1.807, 2.05) is 40.9 Å². The van der Waals surface area contributed by atoms with Crippen LogP contribution in [0.3, 0.4) is 0 Å². The van der Waals surface area contributed by atoms with Crippen molar-refractivity contribution in [3.63, 3.8) is 0 Å². The van der Waals surface area contributed by atoms with E-state index < -0.39 is 0 Å². The molecule has 0 aromatic heterocycles. The molecule has 19 heavy (non-hydrogen) atoms. The maximum atomic E-state index is 12.1. The van der Waals surface area contributed by atoms with Crippen LogP contribution in [0.25, 0.3) is 0 Å². The number of benzene rings is 1. The fourth-order valence-corrected chi connectivity index (χ4v) is 3.07. The van der Waals surface area contributed by atoms with Gasteiger partial charge in [-0.25, -0.2) is 0 Å². The maximum Gasteiger partial charge on any atom is 0.238 e. The molecule has 0 aliphatic carbocycles. The zero-order chi connectivity index (χ0) is 13.8. The molecule has 2 atom stereocenters. The molecule has 3 nitrogen and oxygen atoms in total. The van der Waals surface area contributed by atoms with E-state index in [0.717, 1.165) is 22.8 Å².